The molecule has 3 N–H and O–H groups in total. The number of carbonyl (C=O) groups excluding carboxylic acids is 1. The zero-order chi connectivity index (χ0) is 16.4. The van der Waals surface area contributed by atoms with Gasteiger partial charge in [-0.15, -0.1) is 0 Å². The van der Waals surface area contributed by atoms with Crippen LogP contribution >= 0.6 is 0 Å². The van der Waals surface area contributed by atoms with Gasteiger partial charge in [0.15, 0.2) is 0 Å². The predicted molar refractivity (Wildman–Crippen MR) is 83.8 cm³/mol. The fourth-order valence-electron chi connectivity index (χ4n) is 1.99. The molecule has 0 radical (unpaired) electrons. The molecule has 0 aromatic heterocycles. The molecular formula is C16H24N2O4. The third-order valence-electron chi connectivity index (χ3n) is 3.08. The van der Waals surface area contributed by atoms with Gasteiger partial charge < -0.3 is 15.2 Å². The predicted octanol–water partition coefficient (Wildman–Crippen LogP) is 1.54. The van der Waals surface area contributed by atoms with Gasteiger partial charge in [0, 0.05) is 6.54 Å². The van der Waals surface area contributed by atoms with Crippen LogP contribution < -0.4 is 15.4 Å². The summed E-state index contributed by atoms with van der Waals surface area (Å²) in [6.07, 6.45) is 1.24. The first-order chi connectivity index (χ1) is 10.6. The molecule has 6 heteroatoms. The molecule has 0 aliphatic rings. The molecule has 1 aromatic rings. The number of benzene rings is 1. The molecule has 0 aliphatic heterocycles. The lowest BCUT2D eigenvalue weighted by Gasteiger charge is -2.13. The first kappa shape index (κ1) is 18.0. The SMILES string of the molecule is CCCC(NCC(=O)NCc1cccc(OCC)c1)C(=O)O. The molecule has 0 saturated carbocycles. The molecule has 6 nitrogen and oxygen atoms in total. The van der Waals surface area contributed by atoms with Gasteiger partial charge >= 0.3 is 5.97 Å². The molecular weight excluding hydrogens is 284 g/mol. The maximum atomic E-state index is 11.8. The number of amides is 1. The second kappa shape index (κ2) is 9.78. The van der Waals surface area contributed by atoms with Gasteiger partial charge in [-0.2, -0.15) is 0 Å². The van der Waals surface area contributed by atoms with E-state index in [0.29, 0.717) is 19.6 Å². The second-order valence-electron chi connectivity index (χ2n) is 4.92. The van der Waals surface area contributed by atoms with Gasteiger partial charge in [-0.05, 0) is 31.0 Å². The van der Waals surface area contributed by atoms with Crippen molar-refractivity contribution in [3.05, 3.63) is 29.8 Å². The number of carboxylic acid groups (broad SMARTS) is 1. The first-order valence-electron chi connectivity index (χ1n) is 7.51. The van der Waals surface area contributed by atoms with Crippen molar-refractivity contribution in [1.29, 1.82) is 0 Å². The molecule has 1 rings (SSSR count). The van der Waals surface area contributed by atoms with Gasteiger partial charge in [0.2, 0.25) is 5.91 Å². The van der Waals surface area contributed by atoms with Crippen molar-refractivity contribution in [1.82, 2.24) is 10.6 Å². The standard InChI is InChI=1S/C16H24N2O4/c1-3-6-14(16(20)21)17-11-15(19)18-10-12-7-5-8-13(9-12)22-4-2/h5,7-9,14,17H,3-4,6,10-11H2,1-2H3,(H,18,19)(H,20,21). The van der Waals surface area contributed by atoms with Crippen LogP contribution in [0.25, 0.3) is 0 Å². The summed E-state index contributed by atoms with van der Waals surface area (Å²) in [5.41, 5.74) is 0.933. The van der Waals surface area contributed by atoms with E-state index in [1.54, 1.807) is 0 Å². The van der Waals surface area contributed by atoms with E-state index in [2.05, 4.69) is 10.6 Å². The third kappa shape index (κ3) is 6.58. The molecule has 22 heavy (non-hydrogen) atoms. The van der Waals surface area contributed by atoms with Crippen molar-refractivity contribution in [3.8, 4) is 5.75 Å². The van der Waals surface area contributed by atoms with Crippen molar-refractivity contribution in [3.63, 3.8) is 0 Å². The Kier molecular flexibility index (Phi) is 7.99. The smallest absolute Gasteiger partial charge is 0.320 e. The monoisotopic (exact) mass is 308 g/mol. The summed E-state index contributed by atoms with van der Waals surface area (Å²) in [7, 11) is 0. The van der Waals surface area contributed by atoms with Gasteiger partial charge in [0.25, 0.3) is 0 Å². The number of ether oxygens (including phenoxy) is 1. The Labute approximate surface area is 130 Å². The van der Waals surface area contributed by atoms with E-state index in [0.717, 1.165) is 17.7 Å². The summed E-state index contributed by atoms with van der Waals surface area (Å²) in [4.78, 5) is 22.7. The molecule has 0 saturated heterocycles. The Balaban J connectivity index is 2.39. The highest BCUT2D eigenvalue weighted by Crippen LogP contribution is 2.12. The topological polar surface area (TPSA) is 87.7 Å². The molecule has 0 bridgehead atoms. The van der Waals surface area contributed by atoms with Crippen LogP contribution in [0.5, 0.6) is 5.75 Å². The summed E-state index contributed by atoms with van der Waals surface area (Å²) in [6, 6.07) is 6.81. The van der Waals surface area contributed by atoms with Crippen LogP contribution in [0.4, 0.5) is 0 Å². The van der Waals surface area contributed by atoms with Gasteiger partial charge in [-0.3, -0.25) is 14.9 Å². The molecule has 1 unspecified atom stereocenters. The highest BCUT2D eigenvalue weighted by molar-refractivity contribution is 5.79. The zero-order valence-electron chi connectivity index (χ0n) is 13.1. The van der Waals surface area contributed by atoms with Crippen LogP contribution in [0.3, 0.4) is 0 Å². The van der Waals surface area contributed by atoms with Crippen LogP contribution in [-0.4, -0.2) is 36.2 Å². The Hall–Kier alpha value is -2.08. The minimum Gasteiger partial charge on any atom is -0.494 e. The van der Waals surface area contributed by atoms with Crippen molar-refractivity contribution < 1.29 is 19.4 Å². The fourth-order valence-corrected chi connectivity index (χ4v) is 1.99. The molecule has 1 amide bonds. The van der Waals surface area contributed by atoms with Crippen LogP contribution in [0.2, 0.25) is 0 Å². The number of nitrogens with one attached hydrogen (secondary N) is 2. The van der Waals surface area contributed by atoms with E-state index in [1.807, 2.05) is 38.1 Å². The third-order valence-corrected chi connectivity index (χ3v) is 3.08. The van der Waals surface area contributed by atoms with E-state index < -0.39 is 12.0 Å². The maximum absolute atomic E-state index is 11.8. The normalized spacial score (nSPS) is 11.7. The number of aliphatic carboxylic acids is 1. The molecule has 122 valence electrons. The number of hydrogen-bond donors (Lipinski definition) is 3. The van der Waals surface area contributed by atoms with Crippen molar-refractivity contribution in [2.24, 2.45) is 0 Å². The molecule has 0 fully saturated rings. The zero-order valence-corrected chi connectivity index (χ0v) is 13.1. The maximum Gasteiger partial charge on any atom is 0.320 e. The lowest BCUT2D eigenvalue weighted by molar-refractivity contribution is -0.139. The van der Waals surface area contributed by atoms with Crippen LogP contribution in [0.1, 0.15) is 32.3 Å². The van der Waals surface area contributed by atoms with Crippen LogP contribution in [-0.2, 0) is 16.1 Å². The molecule has 0 spiro atoms. The first-order valence-corrected chi connectivity index (χ1v) is 7.51. The quantitative estimate of drug-likeness (QED) is 0.610. The summed E-state index contributed by atoms with van der Waals surface area (Å²) in [5.74, 6) is -0.399. The summed E-state index contributed by atoms with van der Waals surface area (Å²) < 4.78 is 5.40. The average Bonchev–Trinajstić information content (AvgIpc) is 2.50. The Morgan fingerprint density at radius 3 is 2.73 bits per heavy atom. The second-order valence-corrected chi connectivity index (χ2v) is 4.92. The number of hydrogen-bond acceptors (Lipinski definition) is 4. The summed E-state index contributed by atoms with van der Waals surface area (Å²) >= 11 is 0. The number of rotatable bonds is 10. The lowest BCUT2D eigenvalue weighted by atomic mass is 10.1. The van der Waals surface area contributed by atoms with Gasteiger partial charge in [-0.25, -0.2) is 0 Å². The Bertz CT molecular complexity index is 491. The Morgan fingerprint density at radius 2 is 2.09 bits per heavy atom. The highest BCUT2D eigenvalue weighted by atomic mass is 16.5. The van der Waals surface area contributed by atoms with Gasteiger partial charge in [-0.1, -0.05) is 25.5 Å². The van der Waals surface area contributed by atoms with Gasteiger partial charge in [0.1, 0.15) is 11.8 Å². The molecule has 0 heterocycles. The minimum absolute atomic E-state index is 0.0118. The average molecular weight is 308 g/mol. The van der Waals surface area contributed by atoms with E-state index in [1.165, 1.54) is 0 Å². The number of carbonyl (C=O) groups is 2. The fraction of sp³-hybridized carbons (Fsp3) is 0.500. The van der Waals surface area contributed by atoms with Crippen LogP contribution in [0.15, 0.2) is 24.3 Å². The van der Waals surface area contributed by atoms with Crippen molar-refractivity contribution >= 4 is 11.9 Å². The minimum atomic E-state index is -0.931. The van der Waals surface area contributed by atoms with Crippen molar-refractivity contribution in [2.45, 2.75) is 39.3 Å². The lowest BCUT2D eigenvalue weighted by Crippen LogP contribution is -2.42. The summed E-state index contributed by atoms with van der Waals surface area (Å²) in [5, 5.41) is 14.5. The molecule has 1 atom stereocenters. The largest absolute Gasteiger partial charge is 0.494 e. The summed E-state index contributed by atoms with van der Waals surface area (Å²) in [6.45, 7) is 4.78. The molecule has 0 aliphatic carbocycles. The molecule has 1 aromatic carbocycles. The highest BCUT2D eigenvalue weighted by Gasteiger charge is 2.16. The van der Waals surface area contributed by atoms with Gasteiger partial charge in [0.05, 0.1) is 13.2 Å². The van der Waals surface area contributed by atoms with E-state index in [9.17, 15) is 9.59 Å². The Morgan fingerprint density at radius 1 is 1.32 bits per heavy atom. The van der Waals surface area contributed by atoms with E-state index in [4.69, 9.17) is 9.84 Å². The number of carboxylic acids is 1. The van der Waals surface area contributed by atoms with E-state index >= 15 is 0 Å². The van der Waals surface area contributed by atoms with Crippen molar-refractivity contribution in [2.75, 3.05) is 13.2 Å². The van der Waals surface area contributed by atoms with E-state index in [-0.39, 0.29) is 12.5 Å². The van der Waals surface area contributed by atoms with Crippen LogP contribution in [0, 0.1) is 0 Å².